The number of hydrogen-bond donors (Lipinski definition) is 0. The Labute approximate surface area is 123 Å². The molecule has 0 N–H and O–H groups in total. The van der Waals surface area contributed by atoms with E-state index in [1.807, 2.05) is 38.1 Å². The molecule has 0 amide bonds. The minimum atomic E-state index is 0.0147. The van der Waals surface area contributed by atoms with Gasteiger partial charge in [-0.15, -0.1) is 0 Å². The molecular formula is C17H17N3O. The maximum absolute atomic E-state index is 5.86. The van der Waals surface area contributed by atoms with Crippen LogP contribution in [0.15, 0.2) is 48.8 Å². The Bertz CT molecular complexity index is 743. The minimum Gasteiger partial charge on any atom is -0.460 e. The van der Waals surface area contributed by atoms with Crippen LogP contribution in [0.4, 0.5) is 0 Å². The van der Waals surface area contributed by atoms with Crippen molar-refractivity contribution in [2.45, 2.75) is 26.4 Å². The zero-order valence-corrected chi connectivity index (χ0v) is 12.2. The van der Waals surface area contributed by atoms with Gasteiger partial charge in [-0.25, -0.2) is 0 Å². The number of hydrogen-bond acceptors (Lipinski definition) is 4. The first-order valence-electron chi connectivity index (χ1n) is 7.01. The molecule has 0 bridgehead atoms. The molecule has 0 spiro atoms. The molecule has 0 radical (unpaired) electrons. The molecule has 3 aromatic rings. The molecule has 0 aliphatic carbocycles. The van der Waals surface area contributed by atoms with E-state index in [2.05, 4.69) is 27.1 Å². The summed E-state index contributed by atoms with van der Waals surface area (Å²) in [6.45, 7) is 3.98. The first-order valence-corrected chi connectivity index (χ1v) is 7.01. The zero-order valence-electron chi connectivity index (χ0n) is 12.2. The van der Waals surface area contributed by atoms with Crippen LogP contribution in [0.5, 0.6) is 6.01 Å². The lowest BCUT2D eigenvalue weighted by Gasteiger charge is -2.14. The predicted octanol–water partition coefficient (Wildman–Crippen LogP) is 3.34. The summed E-state index contributed by atoms with van der Waals surface area (Å²) in [5.41, 5.74) is 2.96. The maximum atomic E-state index is 5.86. The number of rotatable bonds is 4. The molecule has 21 heavy (non-hydrogen) atoms. The van der Waals surface area contributed by atoms with E-state index in [0.717, 1.165) is 23.0 Å². The van der Waals surface area contributed by atoms with Crippen LogP contribution >= 0.6 is 0 Å². The topological polar surface area (TPSA) is 47.9 Å². The Morgan fingerprint density at radius 2 is 1.90 bits per heavy atom. The predicted molar refractivity (Wildman–Crippen MR) is 82.3 cm³/mol. The highest BCUT2D eigenvalue weighted by Gasteiger charge is 2.10. The summed E-state index contributed by atoms with van der Waals surface area (Å²) < 4.78 is 5.86. The van der Waals surface area contributed by atoms with Gasteiger partial charge in [0.1, 0.15) is 6.10 Å². The second-order valence-corrected chi connectivity index (χ2v) is 5.10. The molecule has 0 saturated heterocycles. The number of nitrogens with zero attached hydrogens (tertiary/aromatic N) is 3. The van der Waals surface area contributed by atoms with Gasteiger partial charge >= 0.3 is 6.01 Å². The van der Waals surface area contributed by atoms with Crippen LogP contribution in [0, 0.1) is 6.92 Å². The van der Waals surface area contributed by atoms with E-state index in [9.17, 15) is 0 Å². The molecule has 106 valence electrons. The first-order chi connectivity index (χ1) is 10.2. The highest BCUT2D eigenvalue weighted by Crippen LogP contribution is 2.18. The smallest absolute Gasteiger partial charge is 0.317 e. The Morgan fingerprint density at radius 3 is 2.71 bits per heavy atom. The summed E-state index contributed by atoms with van der Waals surface area (Å²) in [5.74, 6) is 0. The fraction of sp³-hybridized carbons (Fsp3) is 0.235. The van der Waals surface area contributed by atoms with Crippen LogP contribution in [0.2, 0.25) is 0 Å². The monoisotopic (exact) mass is 279 g/mol. The van der Waals surface area contributed by atoms with Gasteiger partial charge in [0.15, 0.2) is 0 Å². The molecule has 0 aliphatic heterocycles. The van der Waals surface area contributed by atoms with Gasteiger partial charge < -0.3 is 4.74 Å². The van der Waals surface area contributed by atoms with E-state index in [-0.39, 0.29) is 6.10 Å². The van der Waals surface area contributed by atoms with Crippen molar-refractivity contribution in [3.63, 3.8) is 0 Å². The third-order valence-corrected chi connectivity index (χ3v) is 3.34. The molecular weight excluding hydrogens is 262 g/mol. The van der Waals surface area contributed by atoms with Crippen LogP contribution in [0.1, 0.15) is 18.2 Å². The molecule has 4 nitrogen and oxygen atoms in total. The summed E-state index contributed by atoms with van der Waals surface area (Å²) in [6, 6.07) is 12.6. The van der Waals surface area contributed by atoms with Gasteiger partial charge in [-0.2, -0.15) is 9.97 Å². The Morgan fingerprint density at radius 1 is 1.10 bits per heavy atom. The Balaban J connectivity index is 1.78. The van der Waals surface area contributed by atoms with Crippen molar-refractivity contribution in [3.05, 3.63) is 60.0 Å². The van der Waals surface area contributed by atoms with Crippen molar-refractivity contribution in [3.8, 4) is 6.01 Å². The lowest BCUT2D eigenvalue weighted by atomic mass is 10.1. The third kappa shape index (κ3) is 3.16. The van der Waals surface area contributed by atoms with Crippen molar-refractivity contribution in [2.24, 2.45) is 0 Å². The SMILES string of the molecule is Cc1nc(OC(C)Cc2ccccc2)nc2cnccc12. The summed E-state index contributed by atoms with van der Waals surface area (Å²) in [4.78, 5) is 12.9. The van der Waals surface area contributed by atoms with Gasteiger partial charge in [0.05, 0.1) is 17.4 Å². The van der Waals surface area contributed by atoms with Crippen LogP contribution in [0.25, 0.3) is 10.9 Å². The molecule has 2 aromatic heterocycles. The highest BCUT2D eigenvalue weighted by atomic mass is 16.5. The summed E-state index contributed by atoms with van der Waals surface area (Å²) in [5, 5.41) is 1.01. The molecule has 1 unspecified atom stereocenters. The Hall–Kier alpha value is -2.49. The number of pyridine rings is 1. The van der Waals surface area contributed by atoms with E-state index in [1.54, 1.807) is 12.4 Å². The van der Waals surface area contributed by atoms with Crippen LogP contribution in [-0.2, 0) is 6.42 Å². The fourth-order valence-corrected chi connectivity index (χ4v) is 2.33. The number of ether oxygens (including phenoxy) is 1. The number of fused-ring (bicyclic) bond motifs is 1. The summed E-state index contributed by atoms with van der Waals surface area (Å²) in [7, 11) is 0. The van der Waals surface area contributed by atoms with Crippen molar-refractivity contribution in [2.75, 3.05) is 0 Å². The molecule has 2 heterocycles. The van der Waals surface area contributed by atoms with E-state index in [0.29, 0.717) is 6.01 Å². The van der Waals surface area contributed by atoms with Crippen molar-refractivity contribution in [1.29, 1.82) is 0 Å². The van der Waals surface area contributed by atoms with Crippen LogP contribution in [-0.4, -0.2) is 21.1 Å². The molecule has 3 rings (SSSR count). The van der Waals surface area contributed by atoms with E-state index < -0.39 is 0 Å². The van der Waals surface area contributed by atoms with Crippen LogP contribution in [0.3, 0.4) is 0 Å². The highest BCUT2D eigenvalue weighted by molar-refractivity contribution is 5.79. The van der Waals surface area contributed by atoms with Gasteiger partial charge in [0, 0.05) is 18.0 Å². The van der Waals surface area contributed by atoms with Crippen molar-refractivity contribution < 1.29 is 4.74 Å². The van der Waals surface area contributed by atoms with Gasteiger partial charge in [-0.3, -0.25) is 4.98 Å². The van der Waals surface area contributed by atoms with Gasteiger partial charge in [0.25, 0.3) is 0 Å². The van der Waals surface area contributed by atoms with E-state index in [1.165, 1.54) is 5.56 Å². The van der Waals surface area contributed by atoms with E-state index >= 15 is 0 Å². The lowest BCUT2D eigenvalue weighted by Crippen LogP contribution is -2.16. The number of benzene rings is 1. The van der Waals surface area contributed by atoms with E-state index in [4.69, 9.17) is 4.74 Å². The average Bonchev–Trinajstić information content (AvgIpc) is 2.48. The minimum absolute atomic E-state index is 0.0147. The number of aromatic nitrogens is 3. The van der Waals surface area contributed by atoms with Crippen molar-refractivity contribution >= 4 is 10.9 Å². The standard InChI is InChI=1S/C17H17N3O/c1-12(10-14-6-4-3-5-7-14)21-17-19-13(2)15-8-9-18-11-16(15)20-17/h3-9,11-12H,10H2,1-2H3. The second kappa shape index (κ2) is 5.87. The number of aryl methyl sites for hydroxylation is 1. The van der Waals surface area contributed by atoms with Gasteiger partial charge in [-0.1, -0.05) is 30.3 Å². The summed E-state index contributed by atoms with van der Waals surface area (Å²) >= 11 is 0. The van der Waals surface area contributed by atoms with Crippen molar-refractivity contribution in [1.82, 2.24) is 15.0 Å². The second-order valence-electron chi connectivity index (χ2n) is 5.10. The summed E-state index contributed by atoms with van der Waals surface area (Å²) in [6.07, 6.45) is 4.32. The normalized spacial score (nSPS) is 12.3. The zero-order chi connectivity index (χ0) is 14.7. The average molecular weight is 279 g/mol. The van der Waals surface area contributed by atoms with Gasteiger partial charge in [0.2, 0.25) is 0 Å². The fourth-order valence-electron chi connectivity index (χ4n) is 2.33. The molecule has 0 fully saturated rings. The molecule has 0 saturated carbocycles. The lowest BCUT2D eigenvalue weighted by molar-refractivity contribution is 0.204. The Kier molecular flexibility index (Phi) is 3.77. The van der Waals surface area contributed by atoms with Crippen LogP contribution < -0.4 is 4.74 Å². The quantitative estimate of drug-likeness (QED) is 0.735. The maximum Gasteiger partial charge on any atom is 0.317 e. The van der Waals surface area contributed by atoms with Gasteiger partial charge in [-0.05, 0) is 25.5 Å². The third-order valence-electron chi connectivity index (χ3n) is 3.34. The molecule has 4 heteroatoms. The molecule has 1 aromatic carbocycles. The first kappa shape index (κ1) is 13.5. The largest absolute Gasteiger partial charge is 0.460 e. The molecule has 0 aliphatic rings. The molecule has 1 atom stereocenters.